The Morgan fingerprint density at radius 1 is 0.633 bits per heavy atom. The van der Waals surface area contributed by atoms with Crippen molar-refractivity contribution in [2.75, 3.05) is 0 Å². The van der Waals surface area contributed by atoms with E-state index in [2.05, 4.69) is 11.7 Å². The van der Waals surface area contributed by atoms with Crippen LogP contribution in [-0.2, 0) is 23.9 Å². The van der Waals surface area contributed by atoms with Crippen LogP contribution in [0.4, 0.5) is 0 Å². The van der Waals surface area contributed by atoms with Gasteiger partial charge in [-0.15, -0.1) is 0 Å². The highest BCUT2D eigenvalue weighted by molar-refractivity contribution is 5.82. The van der Waals surface area contributed by atoms with Crippen molar-refractivity contribution in [3.05, 3.63) is 0 Å². The second-order valence-electron chi connectivity index (χ2n) is 8.25. The molecule has 0 bridgehead atoms. The standard InChI is InChI=1S/C24H44O6/c1-4-5-6-7-8-9-10-11-12-13-14-15-16-17-18-19-22(25)29-21(3)24(28)30-20(2)23(26)27/h20-21H,4-19H2,1-3H3,(H,26,27)/t20-,21+/m1/s1. The molecule has 0 fully saturated rings. The van der Waals surface area contributed by atoms with Crippen LogP contribution in [0.15, 0.2) is 0 Å². The lowest BCUT2D eigenvalue weighted by atomic mass is 10.0. The van der Waals surface area contributed by atoms with E-state index in [4.69, 9.17) is 9.84 Å². The van der Waals surface area contributed by atoms with Crippen LogP contribution in [0.1, 0.15) is 124 Å². The summed E-state index contributed by atoms with van der Waals surface area (Å²) in [5.74, 6) is -2.52. The van der Waals surface area contributed by atoms with Crippen LogP contribution in [0.25, 0.3) is 0 Å². The average Bonchev–Trinajstić information content (AvgIpc) is 2.70. The maximum atomic E-state index is 11.8. The molecule has 6 nitrogen and oxygen atoms in total. The van der Waals surface area contributed by atoms with Gasteiger partial charge in [-0.1, -0.05) is 96.8 Å². The summed E-state index contributed by atoms with van der Waals surface area (Å²) in [5.41, 5.74) is 0. The molecule has 6 heteroatoms. The number of hydrogen-bond donors (Lipinski definition) is 1. The summed E-state index contributed by atoms with van der Waals surface area (Å²) >= 11 is 0. The number of hydrogen-bond acceptors (Lipinski definition) is 5. The zero-order valence-electron chi connectivity index (χ0n) is 19.5. The van der Waals surface area contributed by atoms with Gasteiger partial charge in [0, 0.05) is 6.42 Å². The monoisotopic (exact) mass is 428 g/mol. The fourth-order valence-electron chi connectivity index (χ4n) is 3.27. The number of carbonyl (C=O) groups is 3. The molecule has 0 spiro atoms. The van der Waals surface area contributed by atoms with Gasteiger partial charge in [-0.2, -0.15) is 0 Å². The van der Waals surface area contributed by atoms with Crippen molar-refractivity contribution in [3.8, 4) is 0 Å². The molecule has 0 rings (SSSR count). The Labute approximate surface area is 183 Å². The minimum atomic E-state index is -1.26. The molecule has 0 amide bonds. The van der Waals surface area contributed by atoms with Crippen LogP contribution in [0.3, 0.4) is 0 Å². The molecule has 0 aromatic heterocycles. The molecular formula is C24H44O6. The molecule has 0 saturated carbocycles. The Balaban J connectivity index is 3.46. The van der Waals surface area contributed by atoms with Gasteiger partial charge in [-0.25, -0.2) is 9.59 Å². The lowest BCUT2D eigenvalue weighted by Gasteiger charge is -2.14. The zero-order valence-corrected chi connectivity index (χ0v) is 19.5. The Kier molecular flexibility index (Phi) is 18.4. The molecular weight excluding hydrogens is 384 g/mol. The van der Waals surface area contributed by atoms with Crippen molar-refractivity contribution in [3.63, 3.8) is 0 Å². The largest absolute Gasteiger partial charge is 0.479 e. The van der Waals surface area contributed by atoms with Crippen LogP contribution < -0.4 is 0 Å². The predicted molar refractivity (Wildman–Crippen MR) is 118 cm³/mol. The number of aliphatic carboxylic acids is 1. The lowest BCUT2D eigenvalue weighted by molar-refractivity contribution is -0.174. The molecule has 0 unspecified atom stereocenters. The fourth-order valence-corrected chi connectivity index (χ4v) is 3.27. The van der Waals surface area contributed by atoms with Crippen LogP contribution in [-0.4, -0.2) is 35.2 Å². The van der Waals surface area contributed by atoms with E-state index in [0.29, 0.717) is 0 Å². The van der Waals surface area contributed by atoms with Gasteiger partial charge in [-0.05, 0) is 20.3 Å². The van der Waals surface area contributed by atoms with E-state index in [-0.39, 0.29) is 6.42 Å². The molecule has 0 aromatic rings. The minimum absolute atomic E-state index is 0.268. The maximum absolute atomic E-state index is 11.8. The summed E-state index contributed by atoms with van der Waals surface area (Å²) in [7, 11) is 0. The highest BCUT2D eigenvalue weighted by atomic mass is 16.6. The van der Waals surface area contributed by atoms with Gasteiger partial charge in [0.05, 0.1) is 0 Å². The lowest BCUT2D eigenvalue weighted by Crippen LogP contribution is -2.32. The molecule has 0 aliphatic rings. The molecule has 0 saturated heterocycles. The molecule has 0 aliphatic carbocycles. The Hall–Kier alpha value is -1.59. The second kappa shape index (κ2) is 19.4. The highest BCUT2D eigenvalue weighted by Gasteiger charge is 2.23. The molecule has 0 heterocycles. The van der Waals surface area contributed by atoms with Crippen molar-refractivity contribution in [1.29, 1.82) is 0 Å². The average molecular weight is 429 g/mol. The summed E-state index contributed by atoms with van der Waals surface area (Å²) in [6.45, 7) is 4.90. The highest BCUT2D eigenvalue weighted by Crippen LogP contribution is 2.14. The number of carboxylic acids is 1. The van der Waals surface area contributed by atoms with Gasteiger partial charge in [0.2, 0.25) is 0 Å². The summed E-state index contributed by atoms with van der Waals surface area (Å²) in [5, 5.41) is 8.71. The number of carbonyl (C=O) groups excluding carboxylic acids is 2. The fraction of sp³-hybridized carbons (Fsp3) is 0.875. The molecule has 0 aromatic carbocycles. The van der Waals surface area contributed by atoms with Crippen molar-refractivity contribution >= 4 is 17.9 Å². The quantitative estimate of drug-likeness (QED) is 0.183. The summed E-state index contributed by atoms with van der Waals surface area (Å²) in [6, 6.07) is 0. The van der Waals surface area contributed by atoms with E-state index >= 15 is 0 Å². The van der Waals surface area contributed by atoms with Crippen LogP contribution >= 0.6 is 0 Å². The first-order valence-electron chi connectivity index (χ1n) is 12.0. The molecule has 0 radical (unpaired) electrons. The van der Waals surface area contributed by atoms with Crippen LogP contribution in [0, 0.1) is 0 Å². The van der Waals surface area contributed by atoms with Crippen molar-refractivity contribution < 1.29 is 29.0 Å². The third-order valence-corrected chi connectivity index (χ3v) is 5.27. The Morgan fingerprint density at radius 3 is 1.43 bits per heavy atom. The van der Waals surface area contributed by atoms with E-state index < -0.39 is 30.1 Å². The van der Waals surface area contributed by atoms with Crippen LogP contribution in [0.5, 0.6) is 0 Å². The van der Waals surface area contributed by atoms with E-state index in [0.717, 1.165) is 19.3 Å². The van der Waals surface area contributed by atoms with Crippen LogP contribution in [0.2, 0.25) is 0 Å². The first-order valence-corrected chi connectivity index (χ1v) is 12.0. The molecule has 176 valence electrons. The molecule has 2 atom stereocenters. The van der Waals surface area contributed by atoms with E-state index in [1.165, 1.54) is 90.9 Å². The minimum Gasteiger partial charge on any atom is -0.479 e. The number of unbranched alkanes of at least 4 members (excludes halogenated alkanes) is 14. The zero-order chi connectivity index (χ0) is 22.6. The first kappa shape index (κ1) is 28.4. The number of esters is 2. The van der Waals surface area contributed by atoms with Gasteiger partial charge in [-0.3, -0.25) is 4.79 Å². The first-order chi connectivity index (χ1) is 14.4. The van der Waals surface area contributed by atoms with E-state index in [9.17, 15) is 14.4 Å². The summed E-state index contributed by atoms with van der Waals surface area (Å²) in [6.07, 6.45) is 16.8. The van der Waals surface area contributed by atoms with Crippen molar-refractivity contribution in [1.82, 2.24) is 0 Å². The molecule has 30 heavy (non-hydrogen) atoms. The third kappa shape index (κ3) is 17.3. The summed E-state index contributed by atoms with van der Waals surface area (Å²) < 4.78 is 9.70. The smallest absolute Gasteiger partial charge is 0.347 e. The maximum Gasteiger partial charge on any atom is 0.347 e. The van der Waals surface area contributed by atoms with E-state index in [1.807, 2.05) is 0 Å². The van der Waals surface area contributed by atoms with Crippen molar-refractivity contribution in [2.24, 2.45) is 0 Å². The molecule has 0 aliphatic heterocycles. The normalized spacial score (nSPS) is 12.9. The number of rotatable bonds is 20. The number of ether oxygens (including phenoxy) is 2. The molecule has 1 N–H and O–H groups in total. The van der Waals surface area contributed by atoms with Gasteiger partial charge in [0.1, 0.15) is 0 Å². The summed E-state index contributed by atoms with van der Waals surface area (Å²) in [4.78, 5) is 34.1. The SMILES string of the molecule is CCCCCCCCCCCCCCCCCC(=O)O[C@@H](C)C(=O)O[C@H](C)C(=O)O. The Morgan fingerprint density at radius 2 is 1.03 bits per heavy atom. The third-order valence-electron chi connectivity index (χ3n) is 5.27. The van der Waals surface area contributed by atoms with Gasteiger partial charge in [0.15, 0.2) is 12.2 Å². The number of carboxylic acid groups (broad SMARTS) is 1. The second-order valence-corrected chi connectivity index (χ2v) is 8.25. The van der Waals surface area contributed by atoms with Crippen molar-refractivity contribution in [2.45, 2.75) is 136 Å². The predicted octanol–water partition coefficient (Wildman–Crippen LogP) is 6.20. The van der Waals surface area contributed by atoms with Gasteiger partial charge >= 0.3 is 17.9 Å². The van der Waals surface area contributed by atoms with Gasteiger partial charge < -0.3 is 14.6 Å². The van der Waals surface area contributed by atoms with Gasteiger partial charge in [0.25, 0.3) is 0 Å². The van der Waals surface area contributed by atoms with E-state index in [1.54, 1.807) is 0 Å². The Bertz CT molecular complexity index is 463. The topological polar surface area (TPSA) is 89.9 Å².